The zero-order valence-electron chi connectivity index (χ0n) is 14.8. The summed E-state index contributed by atoms with van der Waals surface area (Å²) in [5.74, 6) is 0.158. The van der Waals surface area contributed by atoms with Crippen LogP contribution in [0.25, 0.3) is 0 Å². The molecule has 2 heterocycles. The van der Waals surface area contributed by atoms with Crippen LogP contribution in [0.3, 0.4) is 0 Å². The molecule has 24 heavy (non-hydrogen) atoms. The minimum atomic E-state index is 0.158. The van der Waals surface area contributed by atoms with Crippen molar-refractivity contribution >= 4 is 5.91 Å². The van der Waals surface area contributed by atoms with Gasteiger partial charge in [-0.1, -0.05) is 30.3 Å². The Morgan fingerprint density at radius 1 is 1.25 bits per heavy atom. The van der Waals surface area contributed by atoms with Crippen molar-refractivity contribution in [2.45, 2.75) is 39.9 Å². The summed E-state index contributed by atoms with van der Waals surface area (Å²) < 4.78 is 1.99. The molecule has 0 unspecified atom stereocenters. The lowest BCUT2D eigenvalue weighted by Crippen LogP contribution is -2.49. The molecule has 1 aliphatic heterocycles. The molecule has 0 saturated carbocycles. The number of rotatable bonds is 4. The number of piperazine rings is 1. The van der Waals surface area contributed by atoms with Crippen LogP contribution in [-0.4, -0.2) is 45.1 Å². The van der Waals surface area contributed by atoms with Crippen molar-refractivity contribution in [1.29, 1.82) is 0 Å². The number of carbonyl (C=O) groups is 1. The van der Waals surface area contributed by atoms with Gasteiger partial charge in [-0.15, -0.1) is 0 Å². The largest absolute Gasteiger partial charge is 0.340 e. The number of hydrogen-bond acceptors (Lipinski definition) is 3. The highest BCUT2D eigenvalue weighted by atomic mass is 16.2. The second kappa shape index (κ2) is 7.18. The second-order valence-electron chi connectivity index (χ2n) is 6.46. The standard InChI is InChI=1S/C19H26N4O/c1-4-23-13-18(15(2)20-23)12-22-11-10-21(16(3)24)14-19(22)17-8-6-5-7-9-17/h5-9,13,19H,4,10-12,14H2,1-3H3/t19-/m0/s1. The van der Waals surface area contributed by atoms with E-state index in [-0.39, 0.29) is 11.9 Å². The van der Waals surface area contributed by atoms with Crippen LogP contribution in [0.1, 0.15) is 36.7 Å². The van der Waals surface area contributed by atoms with Crippen molar-refractivity contribution in [1.82, 2.24) is 19.6 Å². The summed E-state index contributed by atoms with van der Waals surface area (Å²) in [6.07, 6.45) is 2.15. The Bertz CT molecular complexity index is 695. The van der Waals surface area contributed by atoms with Crippen LogP contribution in [0, 0.1) is 6.92 Å². The first-order chi connectivity index (χ1) is 11.6. The summed E-state index contributed by atoms with van der Waals surface area (Å²) in [4.78, 5) is 16.3. The molecule has 128 valence electrons. The molecule has 1 amide bonds. The van der Waals surface area contributed by atoms with E-state index in [2.05, 4.69) is 54.3 Å². The number of aromatic nitrogens is 2. The third kappa shape index (κ3) is 3.51. The van der Waals surface area contributed by atoms with E-state index in [0.717, 1.165) is 38.4 Å². The number of carbonyl (C=O) groups excluding carboxylic acids is 1. The van der Waals surface area contributed by atoms with Gasteiger partial charge in [-0.05, 0) is 19.4 Å². The maximum Gasteiger partial charge on any atom is 0.219 e. The van der Waals surface area contributed by atoms with Crippen molar-refractivity contribution < 1.29 is 4.79 Å². The molecule has 1 saturated heterocycles. The van der Waals surface area contributed by atoms with Crippen LogP contribution in [0.2, 0.25) is 0 Å². The Morgan fingerprint density at radius 3 is 2.62 bits per heavy atom. The van der Waals surface area contributed by atoms with Gasteiger partial charge in [0.2, 0.25) is 5.91 Å². The molecular formula is C19H26N4O. The molecule has 1 aliphatic rings. The highest BCUT2D eigenvalue weighted by Crippen LogP contribution is 2.27. The van der Waals surface area contributed by atoms with Crippen molar-refractivity contribution in [3.05, 3.63) is 53.3 Å². The fourth-order valence-electron chi connectivity index (χ4n) is 3.38. The Balaban J connectivity index is 1.84. The highest BCUT2D eigenvalue weighted by molar-refractivity contribution is 5.73. The van der Waals surface area contributed by atoms with E-state index in [9.17, 15) is 4.79 Å². The third-order valence-corrected chi connectivity index (χ3v) is 4.87. The molecule has 0 bridgehead atoms. The van der Waals surface area contributed by atoms with Gasteiger partial charge in [0.1, 0.15) is 0 Å². The molecule has 5 heteroatoms. The minimum Gasteiger partial charge on any atom is -0.340 e. The molecule has 1 aromatic heterocycles. The smallest absolute Gasteiger partial charge is 0.219 e. The van der Waals surface area contributed by atoms with Crippen LogP contribution in [-0.2, 0) is 17.9 Å². The predicted molar refractivity (Wildman–Crippen MR) is 94.5 cm³/mol. The van der Waals surface area contributed by atoms with E-state index < -0.39 is 0 Å². The van der Waals surface area contributed by atoms with E-state index in [4.69, 9.17) is 0 Å². The predicted octanol–water partition coefficient (Wildman–Crippen LogP) is 2.62. The van der Waals surface area contributed by atoms with Gasteiger partial charge in [0.05, 0.1) is 11.7 Å². The van der Waals surface area contributed by atoms with Crippen molar-refractivity contribution in [2.24, 2.45) is 0 Å². The van der Waals surface area contributed by atoms with E-state index in [1.54, 1.807) is 6.92 Å². The number of amides is 1. The van der Waals surface area contributed by atoms with E-state index in [1.165, 1.54) is 11.1 Å². The number of hydrogen-bond donors (Lipinski definition) is 0. The summed E-state index contributed by atoms with van der Waals surface area (Å²) in [6.45, 7) is 10.0. The number of nitrogens with zero attached hydrogens (tertiary/aromatic N) is 4. The molecule has 0 aliphatic carbocycles. The average molecular weight is 326 g/mol. The molecular weight excluding hydrogens is 300 g/mol. The minimum absolute atomic E-state index is 0.158. The molecule has 1 fully saturated rings. The molecule has 0 N–H and O–H groups in total. The van der Waals surface area contributed by atoms with Crippen LogP contribution in [0.15, 0.2) is 36.5 Å². The van der Waals surface area contributed by atoms with Crippen LogP contribution in [0.4, 0.5) is 0 Å². The topological polar surface area (TPSA) is 41.4 Å². The Morgan fingerprint density at radius 2 is 2.00 bits per heavy atom. The fraction of sp³-hybridized carbons (Fsp3) is 0.474. The molecule has 0 spiro atoms. The van der Waals surface area contributed by atoms with Crippen molar-refractivity contribution in [3.63, 3.8) is 0 Å². The van der Waals surface area contributed by atoms with Crippen LogP contribution >= 0.6 is 0 Å². The normalized spacial score (nSPS) is 18.8. The second-order valence-corrected chi connectivity index (χ2v) is 6.46. The lowest BCUT2D eigenvalue weighted by Gasteiger charge is -2.41. The highest BCUT2D eigenvalue weighted by Gasteiger charge is 2.29. The van der Waals surface area contributed by atoms with Gasteiger partial charge in [-0.2, -0.15) is 5.10 Å². The van der Waals surface area contributed by atoms with Gasteiger partial charge >= 0.3 is 0 Å². The molecule has 0 radical (unpaired) electrons. The first kappa shape index (κ1) is 16.7. The third-order valence-electron chi connectivity index (χ3n) is 4.87. The summed E-state index contributed by atoms with van der Waals surface area (Å²) in [5, 5.41) is 4.56. The summed E-state index contributed by atoms with van der Waals surface area (Å²) in [5.41, 5.74) is 3.63. The zero-order chi connectivity index (χ0) is 17.1. The van der Waals surface area contributed by atoms with E-state index in [1.807, 2.05) is 15.6 Å². The summed E-state index contributed by atoms with van der Waals surface area (Å²) in [7, 11) is 0. The molecule has 1 aromatic carbocycles. The maximum atomic E-state index is 11.8. The molecule has 3 rings (SSSR count). The molecule has 5 nitrogen and oxygen atoms in total. The van der Waals surface area contributed by atoms with Gasteiger partial charge in [0.15, 0.2) is 0 Å². The zero-order valence-corrected chi connectivity index (χ0v) is 14.8. The first-order valence-corrected chi connectivity index (χ1v) is 8.66. The first-order valence-electron chi connectivity index (χ1n) is 8.66. The summed E-state index contributed by atoms with van der Waals surface area (Å²) >= 11 is 0. The Labute approximate surface area is 143 Å². The summed E-state index contributed by atoms with van der Waals surface area (Å²) in [6, 6.07) is 10.7. The van der Waals surface area contributed by atoms with Crippen molar-refractivity contribution in [2.75, 3.05) is 19.6 Å². The van der Waals surface area contributed by atoms with Gasteiger partial charge < -0.3 is 4.90 Å². The van der Waals surface area contributed by atoms with Crippen molar-refractivity contribution in [3.8, 4) is 0 Å². The van der Waals surface area contributed by atoms with Crippen LogP contribution in [0.5, 0.6) is 0 Å². The number of aryl methyl sites for hydroxylation is 2. The lowest BCUT2D eigenvalue weighted by atomic mass is 10.0. The Hall–Kier alpha value is -2.14. The molecule has 1 atom stereocenters. The SMILES string of the molecule is CCn1cc(CN2CCN(C(C)=O)C[C@H]2c2ccccc2)c(C)n1. The lowest BCUT2D eigenvalue weighted by molar-refractivity contribution is -0.132. The maximum absolute atomic E-state index is 11.8. The van der Waals surface area contributed by atoms with Gasteiger partial charge in [-0.3, -0.25) is 14.4 Å². The Kier molecular flexibility index (Phi) is 5.00. The quantitative estimate of drug-likeness (QED) is 0.867. The van der Waals surface area contributed by atoms with Gasteiger partial charge in [0.25, 0.3) is 0 Å². The van der Waals surface area contributed by atoms with Gasteiger partial charge in [-0.25, -0.2) is 0 Å². The van der Waals surface area contributed by atoms with Crippen LogP contribution < -0.4 is 0 Å². The van der Waals surface area contributed by atoms with Gasteiger partial charge in [0, 0.05) is 51.4 Å². The van der Waals surface area contributed by atoms with E-state index in [0.29, 0.717) is 0 Å². The number of benzene rings is 1. The molecule has 2 aromatic rings. The fourth-order valence-corrected chi connectivity index (χ4v) is 3.38. The monoisotopic (exact) mass is 326 g/mol. The van der Waals surface area contributed by atoms with E-state index >= 15 is 0 Å². The average Bonchev–Trinajstić information content (AvgIpc) is 2.96.